The fourth-order valence-electron chi connectivity index (χ4n) is 2.29. The van der Waals surface area contributed by atoms with Crippen molar-refractivity contribution in [1.29, 1.82) is 0 Å². The lowest BCUT2D eigenvalue weighted by molar-refractivity contribution is 0.414. The van der Waals surface area contributed by atoms with Crippen LogP contribution in [0.5, 0.6) is 5.75 Å². The second-order valence-electron chi connectivity index (χ2n) is 5.03. The summed E-state index contributed by atoms with van der Waals surface area (Å²) in [6, 6.07) is 19.0. The molecule has 1 nitrogen and oxygen atoms in total. The van der Waals surface area contributed by atoms with Crippen molar-refractivity contribution in [1.82, 2.24) is 0 Å². The maximum atomic E-state index is 5.18. The van der Waals surface area contributed by atoms with Crippen LogP contribution in [0.15, 0.2) is 54.6 Å². The van der Waals surface area contributed by atoms with Crippen LogP contribution in [0.3, 0.4) is 0 Å². The lowest BCUT2D eigenvalue weighted by atomic mass is 10.0. The van der Waals surface area contributed by atoms with Crippen molar-refractivity contribution < 1.29 is 4.74 Å². The monoisotopic (exact) mass is 332 g/mol. The predicted molar refractivity (Wildman–Crippen MR) is 88.8 cm³/mol. The average Bonchev–Trinajstić information content (AvgIpc) is 2.49. The van der Waals surface area contributed by atoms with Gasteiger partial charge in [-0.05, 0) is 48.9 Å². The molecule has 0 heterocycles. The maximum Gasteiger partial charge on any atom is 0.118 e. The van der Waals surface area contributed by atoms with E-state index in [2.05, 4.69) is 58.4 Å². The summed E-state index contributed by atoms with van der Waals surface area (Å²) in [5, 5.41) is 0. The SMILES string of the molecule is COc1ccc(CC(Br)CCCc2ccccc2)cc1. The number of methoxy groups -OCH3 is 1. The van der Waals surface area contributed by atoms with Crippen molar-refractivity contribution in [3.05, 3.63) is 65.7 Å². The summed E-state index contributed by atoms with van der Waals surface area (Å²) in [4.78, 5) is 0.541. The first kappa shape index (κ1) is 15.1. The highest BCUT2D eigenvalue weighted by Gasteiger charge is 2.06. The molecule has 0 saturated heterocycles. The molecule has 0 fully saturated rings. The molecule has 106 valence electrons. The van der Waals surface area contributed by atoms with Crippen LogP contribution in [0.25, 0.3) is 0 Å². The van der Waals surface area contributed by atoms with E-state index in [1.165, 1.54) is 24.0 Å². The van der Waals surface area contributed by atoms with Gasteiger partial charge in [-0.3, -0.25) is 0 Å². The molecule has 1 unspecified atom stereocenters. The standard InChI is InChI=1S/C18H21BrO/c1-20-18-12-10-16(11-13-18)14-17(19)9-5-8-15-6-3-2-4-7-15/h2-4,6-7,10-13,17H,5,8-9,14H2,1H3. The van der Waals surface area contributed by atoms with E-state index >= 15 is 0 Å². The van der Waals surface area contributed by atoms with Gasteiger partial charge in [0, 0.05) is 4.83 Å². The largest absolute Gasteiger partial charge is 0.497 e. The van der Waals surface area contributed by atoms with Crippen molar-refractivity contribution in [3.63, 3.8) is 0 Å². The zero-order chi connectivity index (χ0) is 14.2. The Bertz CT molecular complexity index is 493. The fraction of sp³-hybridized carbons (Fsp3) is 0.333. The Morgan fingerprint density at radius 3 is 2.30 bits per heavy atom. The van der Waals surface area contributed by atoms with Crippen LogP contribution in [-0.4, -0.2) is 11.9 Å². The summed E-state index contributed by atoms with van der Waals surface area (Å²) in [6.45, 7) is 0. The molecule has 0 aliphatic carbocycles. The second kappa shape index (κ2) is 8.11. The third kappa shape index (κ3) is 5.01. The molecule has 2 rings (SSSR count). The first-order chi connectivity index (χ1) is 9.78. The number of benzene rings is 2. The third-order valence-electron chi connectivity index (χ3n) is 3.44. The zero-order valence-corrected chi connectivity index (χ0v) is 13.5. The van der Waals surface area contributed by atoms with Gasteiger partial charge in [-0.1, -0.05) is 58.4 Å². The van der Waals surface area contributed by atoms with E-state index in [0.29, 0.717) is 4.83 Å². The number of ether oxygens (including phenoxy) is 1. The van der Waals surface area contributed by atoms with Crippen molar-refractivity contribution in [2.45, 2.75) is 30.5 Å². The van der Waals surface area contributed by atoms with Gasteiger partial charge in [0.2, 0.25) is 0 Å². The number of halogens is 1. The highest BCUT2D eigenvalue weighted by atomic mass is 79.9. The van der Waals surface area contributed by atoms with E-state index in [4.69, 9.17) is 4.74 Å². The summed E-state index contributed by atoms with van der Waals surface area (Å²) < 4.78 is 5.18. The van der Waals surface area contributed by atoms with Crippen molar-refractivity contribution in [2.75, 3.05) is 7.11 Å². The molecule has 1 atom stereocenters. The first-order valence-electron chi connectivity index (χ1n) is 7.09. The molecule has 20 heavy (non-hydrogen) atoms. The molecule has 0 spiro atoms. The molecular weight excluding hydrogens is 312 g/mol. The quantitative estimate of drug-likeness (QED) is 0.646. The van der Waals surface area contributed by atoms with Crippen LogP contribution < -0.4 is 4.74 Å². The van der Waals surface area contributed by atoms with Gasteiger partial charge in [-0.2, -0.15) is 0 Å². The van der Waals surface area contributed by atoms with Gasteiger partial charge in [0.1, 0.15) is 5.75 Å². The van der Waals surface area contributed by atoms with Crippen molar-refractivity contribution in [3.8, 4) is 5.75 Å². The summed E-state index contributed by atoms with van der Waals surface area (Å²) >= 11 is 3.79. The van der Waals surface area contributed by atoms with Gasteiger partial charge in [0.15, 0.2) is 0 Å². The highest BCUT2D eigenvalue weighted by molar-refractivity contribution is 9.09. The number of rotatable bonds is 7. The molecule has 0 N–H and O–H groups in total. The minimum atomic E-state index is 0.541. The van der Waals surface area contributed by atoms with Crippen LogP contribution in [0.2, 0.25) is 0 Å². The Balaban J connectivity index is 1.73. The molecule has 0 saturated carbocycles. The number of hydrogen-bond acceptors (Lipinski definition) is 1. The Morgan fingerprint density at radius 1 is 0.950 bits per heavy atom. The number of aryl methyl sites for hydroxylation is 1. The molecule has 0 radical (unpaired) electrons. The van der Waals surface area contributed by atoms with Gasteiger partial charge >= 0.3 is 0 Å². The van der Waals surface area contributed by atoms with Gasteiger partial charge < -0.3 is 4.74 Å². The predicted octanol–water partition coefficient (Wildman–Crippen LogP) is 5.02. The van der Waals surface area contributed by atoms with Crippen molar-refractivity contribution >= 4 is 15.9 Å². The molecule has 2 heteroatoms. The van der Waals surface area contributed by atoms with Gasteiger partial charge in [0.25, 0.3) is 0 Å². The second-order valence-corrected chi connectivity index (χ2v) is 6.32. The van der Waals surface area contributed by atoms with E-state index in [-0.39, 0.29) is 0 Å². The Labute approximate surface area is 130 Å². The molecule has 0 aromatic heterocycles. The maximum absolute atomic E-state index is 5.18. The fourth-order valence-corrected chi connectivity index (χ4v) is 2.99. The Morgan fingerprint density at radius 2 is 1.65 bits per heavy atom. The van der Waals surface area contributed by atoms with Crippen LogP contribution in [-0.2, 0) is 12.8 Å². The lowest BCUT2D eigenvalue weighted by Gasteiger charge is -2.10. The molecule has 0 aliphatic rings. The molecule has 0 amide bonds. The average molecular weight is 333 g/mol. The molecule has 2 aromatic rings. The first-order valence-corrected chi connectivity index (χ1v) is 8.00. The summed E-state index contributed by atoms with van der Waals surface area (Å²) in [5.74, 6) is 0.920. The minimum absolute atomic E-state index is 0.541. The zero-order valence-electron chi connectivity index (χ0n) is 11.9. The van der Waals surface area contributed by atoms with E-state index in [1.807, 2.05) is 12.1 Å². The molecule has 2 aromatic carbocycles. The molecule has 0 bridgehead atoms. The smallest absolute Gasteiger partial charge is 0.118 e. The Hall–Kier alpha value is -1.28. The van der Waals surface area contributed by atoms with Crippen molar-refractivity contribution in [2.24, 2.45) is 0 Å². The van der Waals surface area contributed by atoms with E-state index in [1.54, 1.807) is 7.11 Å². The molecular formula is C18H21BrO. The van der Waals surface area contributed by atoms with Crippen LogP contribution in [0.4, 0.5) is 0 Å². The van der Waals surface area contributed by atoms with Gasteiger partial charge in [-0.15, -0.1) is 0 Å². The topological polar surface area (TPSA) is 9.23 Å². The summed E-state index contributed by atoms with van der Waals surface area (Å²) in [5.41, 5.74) is 2.78. The van der Waals surface area contributed by atoms with E-state index < -0.39 is 0 Å². The highest BCUT2D eigenvalue weighted by Crippen LogP contribution is 2.19. The number of alkyl halides is 1. The van der Waals surface area contributed by atoms with Crippen LogP contribution in [0, 0.1) is 0 Å². The summed E-state index contributed by atoms with van der Waals surface area (Å²) in [6.07, 6.45) is 4.64. The third-order valence-corrected chi connectivity index (χ3v) is 4.22. The van der Waals surface area contributed by atoms with Crippen LogP contribution >= 0.6 is 15.9 Å². The van der Waals surface area contributed by atoms with Gasteiger partial charge in [0.05, 0.1) is 7.11 Å². The van der Waals surface area contributed by atoms with Gasteiger partial charge in [-0.25, -0.2) is 0 Å². The Kier molecular flexibility index (Phi) is 6.13. The lowest BCUT2D eigenvalue weighted by Crippen LogP contribution is -2.03. The molecule has 0 aliphatic heterocycles. The minimum Gasteiger partial charge on any atom is -0.497 e. The van der Waals surface area contributed by atoms with E-state index in [0.717, 1.165) is 18.6 Å². The van der Waals surface area contributed by atoms with Crippen LogP contribution in [0.1, 0.15) is 24.0 Å². The number of hydrogen-bond donors (Lipinski definition) is 0. The summed E-state index contributed by atoms with van der Waals surface area (Å²) in [7, 11) is 1.70. The normalized spacial score (nSPS) is 12.1. The van der Waals surface area contributed by atoms with E-state index in [9.17, 15) is 0 Å².